The van der Waals surface area contributed by atoms with Gasteiger partial charge in [0.1, 0.15) is 5.69 Å². The van der Waals surface area contributed by atoms with Crippen LogP contribution in [0.25, 0.3) is 10.9 Å². The number of H-pyrrole nitrogens is 1. The Morgan fingerprint density at radius 1 is 0.921 bits per heavy atom. The van der Waals surface area contributed by atoms with Gasteiger partial charge in [0.15, 0.2) is 0 Å². The molecule has 0 aliphatic carbocycles. The zero-order valence-electron chi connectivity index (χ0n) is 21.6. The van der Waals surface area contributed by atoms with E-state index < -0.39 is 0 Å². The number of fused-ring (bicyclic) bond motifs is 2. The molecule has 4 N–H and O–H groups in total. The maximum atomic E-state index is 13.2. The maximum Gasteiger partial charge on any atom is 0.268 e. The smallest absolute Gasteiger partial charge is 0.268 e. The minimum absolute atomic E-state index is 0.167. The quantitative estimate of drug-likeness (QED) is 0.236. The molecule has 3 aromatic carbocycles. The Kier molecular flexibility index (Phi) is 6.98. The van der Waals surface area contributed by atoms with Crippen molar-refractivity contribution in [3.05, 3.63) is 100 Å². The zero-order chi connectivity index (χ0) is 26.8. The zero-order valence-corrected chi connectivity index (χ0v) is 21.6. The first-order chi connectivity index (χ1) is 18.3. The lowest BCUT2D eigenvalue weighted by molar-refractivity contribution is 0.0655. The fraction of sp³-hybridized carbons (Fsp3) is 0.233. The van der Waals surface area contributed by atoms with Gasteiger partial charge >= 0.3 is 0 Å². The summed E-state index contributed by atoms with van der Waals surface area (Å²) in [5.74, 6) is -0.667. The Morgan fingerprint density at radius 2 is 1.58 bits per heavy atom. The monoisotopic (exact) mass is 509 g/mol. The molecule has 5 rings (SSSR count). The summed E-state index contributed by atoms with van der Waals surface area (Å²) in [7, 11) is 4.01. The Morgan fingerprint density at radius 3 is 2.24 bits per heavy atom. The number of rotatable bonds is 9. The predicted molar refractivity (Wildman–Crippen MR) is 148 cm³/mol. The molecule has 4 aromatic rings. The van der Waals surface area contributed by atoms with Crippen LogP contribution in [-0.4, -0.2) is 59.7 Å². The minimum atomic E-state index is -0.250. The van der Waals surface area contributed by atoms with Crippen molar-refractivity contribution in [3.63, 3.8) is 0 Å². The van der Waals surface area contributed by atoms with E-state index in [2.05, 4.69) is 21.3 Å². The van der Waals surface area contributed by atoms with Gasteiger partial charge in [0.2, 0.25) is 0 Å². The lowest BCUT2D eigenvalue weighted by Crippen LogP contribution is -2.31. The first-order valence-corrected chi connectivity index (χ1v) is 12.7. The molecule has 0 spiro atoms. The highest BCUT2D eigenvalue weighted by Crippen LogP contribution is 2.27. The lowest BCUT2D eigenvalue weighted by atomic mass is 10.0. The Bertz CT molecular complexity index is 1490. The van der Waals surface area contributed by atoms with Gasteiger partial charge in [-0.15, -0.1) is 0 Å². The SMILES string of the molecule is CN(C)CCc1c(C(=O)NCc2ccc(N)cc2)[nH]c2ccc(CCN3C(=O)c4ccccc4C3=O)cc12. The molecular formula is C30H31N5O3. The number of nitrogens with zero attached hydrogens (tertiary/aromatic N) is 2. The number of benzene rings is 3. The van der Waals surface area contributed by atoms with E-state index in [1.54, 1.807) is 24.3 Å². The van der Waals surface area contributed by atoms with Crippen LogP contribution in [0, 0.1) is 0 Å². The Labute approximate surface area is 221 Å². The summed E-state index contributed by atoms with van der Waals surface area (Å²) >= 11 is 0. The molecule has 0 bridgehead atoms. The number of anilines is 1. The number of aromatic nitrogens is 1. The average Bonchev–Trinajstić information content (AvgIpc) is 3.40. The molecule has 194 valence electrons. The molecule has 1 aromatic heterocycles. The molecule has 3 amide bonds. The van der Waals surface area contributed by atoms with Crippen LogP contribution in [0.15, 0.2) is 66.7 Å². The van der Waals surface area contributed by atoms with E-state index in [-0.39, 0.29) is 17.7 Å². The van der Waals surface area contributed by atoms with Crippen LogP contribution in [-0.2, 0) is 19.4 Å². The summed E-state index contributed by atoms with van der Waals surface area (Å²) in [4.78, 5) is 45.4. The van der Waals surface area contributed by atoms with E-state index in [9.17, 15) is 14.4 Å². The summed E-state index contributed by atoms with van der Waals surface area (Å²) in [6.07, 6.45) is 1.22. The van der Waals surface area contributed by atoms with Gasteiger partial charge in [-0.3, -0.25) is 19.3 Å². The number of nitrogen functional groups attached to an aromatic ring is 1. The van der Waals surface area contributed by atoms with Crippen molar-refractivity contribution in [3.8, 4) is 0 Å². The number of hydrogen-bond acceptors (Lipinski definition) is 5. The highest BCUT2D eigenvalue weighted by atomic mass is 16.2. The van der Waals surface area contributed by atoms with Crippen molar-refractivity contribution in [1.82, 2.24) is 20.1 Å². The molecule has 0 fully saturated rings. The van der Waals surface area contributed by atoms with Gasteiger partial charge in [0.25, 0.3) is 17.7 Å². The highest BCUT2D eigenvalue weighted by Gasteiger charge is 2.34. The third-order valence-electron chi connectivity index (χ3n) is 6.94. The summed E-state index contributed by atoms with van der Waals surface area (Å²) < 4.78 is 0. The summed E-state index contributed by atoms with van der Waals surface area (Å²) in [5, 5.41) is 3.99. The number of likely N-dealkylation sites (N-methyl/N-ethyl adjacent to an activating group) is 1. The van der Waals surface area contributed by atoms with Crippen LogP contribution >= 0.6 is 0 Å². The van der Waals surface area contributed by atoms with Crippen LogP contribution in [0.5, 0.6) is 0 Å². The summed E-state index contributed by atoms with van der Waals surface area (Å²) in [6.45, 7) is 1.47. The number of carbonyl (C=O) groups is 3. The first-order valence-electron chi connectivity index (χ1n) is 12.7. The van der Waals surface area contributed by atoms with Crippen molar-refractivity contribution < 1.29 is 14.4 Å². The molecule has 8 heteroatoms. The second-order valence-corrected chi connectivity index (χ2v) is 9.89. The van der Waals surface area contributed by atoms with Gasteiger partial charge in [-0.25, -0.2) is 0 Å². The van der Waals surface area contributed by atoms with Gasteiger partial charge in [-0.05, 0) is 80.0 Å². The molecule has 0 saturated heterocycles. The molecule has 38 heavy (non-hydrogen) atoms. The minimum Gasteiger partial charge on any atom is -0.399 e. The molecule has 1 aliphatic heterocycles. The molecule has 0 radical (unpaired) electrons. The molecule has 0 unspecified atom stereocenters. The van der Waals surface area contributed by atoms with E-state index in [0.717, 1.165) is 34.1 Å². The van der Waals surface area contributed by atoms with Crippen molar-refractivity contribution >= 4 is 34.3 Å². The van der Waals surface area contributed by atoms with Gasteiger partial charge in [-0.2, -0.15) is 0 Å². The van der Waals surface area contributed by atoms with Crippen LogP contribution < -0.4 is 11.1 Å². The van der Waals surface area contributed by atoms with Gasteiger partial charge in [0.05, 0.1) is 11.1 Å². The number of carbonyl (C=O) groups excluding carboxylic acids is 3. The van der Waals surface area contributed by atoms with Crippen molar-refractivity contribution in [2.75, 3.05) is 32.9 Å². The van der Waals surface area contributed by atoms with Crippen molar-refractivity contribution in [2.45, 2.75) is 19.4 Å². The van der Waals surface area contributed by atoms with Gasteiger partial charge < -0.3 is 20.9 Å². The second kappa shape index (κ2) is 10.5. The number of imide groups is 1. The topological polar surface area (TPSA) is 112 Å². The number of hydrogen-bond donors (Lipinski definition) is 3. The van der Waals surface area contributed by atoms with E-state index in [4.69, 9.17) is 5.73 Å². The Balaban J connectivity index is 1.36. The molecule has 2 heterocycles. The average molecular weight is 510 g/mol. The molecular weight excluding hydrogens is 478 g/mol. The van der Waals surface area contributed by atoms with E-state index in [1.807, 2.05) is 50.5 Å². The standard InChI is InChI=1S/C30H31N5O3/c1-34(2)15-14-22-25-17-19(13-16-35-29(37)23-5-3-4-6-24(23)30(35)38)9-12-26(25)33-27(22)28(36)32-18-20-7-10-21(31)11-8-20/h3-12,17,33H,13-16,18,31H2,1-2H3,(H,32,36). The third-order valence-corrected chi connectivity index (χ3v) is 6.94. The van der Waals surface area contributed by atoms with Crippen LogP contribution in [0.1, 0.15) is 47.9 Å². The predicted octanol–water partition coefficient (Wildman–Crippen LogP) is 3.62. The van der Waals surface area contributed by atoms with E-state index in [1.165, 1.54) is 4.90 Å². The van der Waals surface area contributed by atoms with E-state index >= 15 is 0 Å². The molecule has 8 nitrogen and oxygen atoms in total. The van der Waals surface area contributed by atoms with Crippen LogP contribution in [0.4, 0.5) is 5.69 Å². The Hall–Kier alpha value is -4.43. The van der Waals surface area contributed by atoms with E-state index in [0.29, 0.717) is 48.4 Å². The summed E-state index contributed by atoms with van der Waals surface area (Å²) in [6, 6.07) is 20.3. The van der Waals surface area contributed by atoms with Crippen LogP contribution in [0.3, 0.4) is 0 Å². The molecule has 0 saturated carbocycles. The first kappa shape index (κ1) is 25.2. The summed E-state index contributed by atoms with van der Waals surface area (Å²) in [5.41, 5.74) is 11.7. The van der Waals surface area contributed by atoms with Gasteiger partial charge in [-0.1, -0.05) is 30.3 Å². The number of nitrogens with one attached hydrogen (secondary N) is 2. The maximum absolute atomic E-state index is 13.2. The number of nitrogens with two attached hydrogens (primary N) is 1. The lowest BCUT2D eigenvalue weighted by Gasteiger charge is -2.14. The largest absolute Gasteiger partial charge is 0.399 e. The fourth-order valence-electron chi connectivity index (χ4n) is 4.83. The third kappa shape index (κ3) is 5.03. The van der Waals surface area contributed by atoms with Gasteiger partial charge in [0, 0.05) is 36.2 Å². The highest BCUT2D eigenvalue weighted by molar-refractivity contribution is 6.21. The van der Waals surface area contributed by atoms with Crippen molar-refractivity contribution in [1.29, 1.82) is 0 Å². The second-order valence-electron chi connectivity index (χ2n) is 9.89. The number of amides is 3. The van der Waals surface area contributed by atoms with Crippen molar-refractivity contribution in [2.24, 2.45) is 0 Å². The molecule has 0 atom stereocenters. The van der Waals surface area contributed by atoms with Crippen LogP contribution in [0.2, 0.25) is 0 Å². The normalized spacial score (nSPS) is 13.0. The number of aromatic amines is 1. The fourth-order valence-corrected chi connectivity index (χ4v) is 4.83. The molecule has 1 aliphatic rings.